The van der Waals surface area contributed by atoms with Gasteiger partial charge in [0.15, 0.2) is 0 Å². The van der Waals surface area contributed by atoms with Crippen molar-refractivity contribution in [2.24, 2.45) is 5.92 Å². The third kappa shape index (κ3) is 3.59. The summed E-state index contributed by atoms with van der Waals surface area (Å²) in [7, 11) is 1.90. The maximum absolute atomic E-state index is 13.0. The molecule has 84 valence electrons. The van der Waals surface area contributed by atoms with Crippen LogP contribution in [-0.4, -0.2) is 12.0 Å². The third-order valence-electron chi connectivity index (χ3n) is 2.81. The van der Waals surface area contributed by atoms with Crippen LogP contribution in [0.15, 0.2) is 18.5 Å². The zero-order chi connectivity index (χ0) is 11.3. The lowest BCUT2D eigenvalue weighted by atomic mass is 9.95. The quantitative estimate of drug-likeness (QED) is 0.808. The molecule has 0 aliphatic rings. The number of aromatic nitrogens is 1. The van der Waals surface area contributed by atoms with E-state index in [1.165, 1.54) is 6.20 Å². The maximum Gasteiger partial charge on any atom is 0.141 e. The molecule has 1 aromatic heterocycles. The van der Waals surface area contributed by atoms with E-state index >= 15 is 0 Å². The third-order valence-corrected chi connectivity index (χ3v) is 2.81. The summed E-state index contributed by atoms with van der Waals surface area (Å²) in [4.78, 5) is 3.87. The molecule has 2 nitrogen and oxygen atoms in total. The summed E-state index contributed by atoms with van der Waals surface area (Å²) in [5, 5.41) is 3.20. The average Bonchev–Trinajstić information content (AvgIpc) is 2.25. The molecule has 0 spiro atoms. The first-order chi connectivity index (χ1) is 7.17. The number of hydrogen-bond donors (Lipinski definition) is 1. The van der Waals surface area contributed by atoms with Crippen LogP contribution in [0.2, 0.25) is 0 Å². The molecule has 3 heteroatoms. The molecule has 1 heterocycles. The van der Waals surface area contributed by atoms with Crippen molar-refractivity contribution in [1.82, 2.24) is 10.3 Å². The fraction of sp³-hybridized carbons (Fsp3) is 0.583. The lowest BCUT2D eigenvalue weighted by Gasteiger charge is -2.19. The van der Waals surface area contributed by atoms with Gasteiger partial charge in [-0.2, -0.15) is 0 Å². The van der Waals surface area contributed by atoms with Crippen LogP contribution >= 0.6 is 0 Å². The van der Waals surface area contributed by atoms with E-state index in [1.54, 1.807) is 12.3 Å². The Balaban J connectivity index is 2.73. The molecule has 0 aliphatic carbocycles. The molecule has 1 N–H and O–H groups in total. The molecule has 0 saturated heterocycles. The Kier molecular flexibility index (Phi) is 4.69. The van der Waals surface area contributed by atoms with Gasteiger partial charge in [0.05, 0.1) is 6.20 Å². The molecule has 0 fully saturated rings. The number of pyridine rings is 1. The number of nitrogens with one attached hydrogen (secondary N) is 1. The molecule has 0 aromatic carbocycles. The lowest BCUT2D eigenvalue weighted by molar-refractivity contribution is 0.420. The first kappa shape index (κ1) is 12.1. The monoisotopic (exact) mass is 210 g/mol. The maximum atomic E-state index is 13.0. The number of nitrogens with zero attached hydrogens (tertiary/aromatic N) is 1. The minimum absolute atomic E-state index is 0.197. The van der Waals surface area contributed by atoms with E-state index in [2.05, 4.69) is 24.1 Å². The molecule has 0 saturated carbocycles. The van der Waals surface area contributed by atoms with Crippen molar-refractivity contribution in [2.45, 2.75) is 32.7 Å². The van der Waals surface area contributed by atoms with Gasteiger partial charge in [-0.25, -0.2) is 4.39 Å². The van der Waals surface area contributed by atoms with Crippen LogP contribution in [0.25, 0.3) is 0 Å². The molecule has 0 bridgehead atoms. The van der Waals surface area contributed by atoms with Gasteiger partial charge in [-0.1, -0.05) is 20.3 Å². The minimum Gasteiger partial charge on any atom is -0.313 e. The standard InChI is InChI=1S/C12H19FN2/c1-4-9(2)5-12(14-3)10-6-11(13)8-15-7-10/h6-9,12,14H,4-5H2,1-3H3. The first-order valence-electron chi connectivity index (χ1n) is 5.45. The van der Waals surface area contributed by atoms with Gasteiger partial charge in [0, 0.05) is 12.2 Å². The van der Waals surface area contributed by atoms with Crippen LogP contribution in [0, 0.1) is 11.7 Å². The van der Waals surface area contributed by atoms with Gasteiger partial charge in [0.2, 0.25) is 0 Å². The van der Waals surface area contributed by atoms with Gasteiger partial charge >= 0.3 is 0 Å². The predicted molar refractivity (Wildman–Crippen MR) is 60.1 cm³/mol. The lowest BCUT2D eigenvalue weighted by Crippen LogP contribution is -2.19. The van der Waals surface area contributed by atoms with Gasteiger partial charge in [-0.3, -0.25) is 4.98 Å². The van der Waals surface area contributed by atoms with E-state index in [1.807, 2.05) is 7.05 Å². The van der Waals surface area contributed by atoms with Crippen LogP contribution in [-0.2, 0) is 0 Å². The van der Waals surface area contributed by atoms with E-state index < -0.39 is 0 Å². The van der Waals surface area contributed by atoms with Gasteiger partial charge in [0.1, 0.15) is 5.82 Å². The highest BCUT2D eigenvalue weighted by molar-refractivity contribution is 5.15. The van der Waals surface area contributed by atoms with Crippen molar-refractivity contribution in [3.8, 4) is 0 Å². The van der Waals surface area contributed by atoms with E-state index in [0.29, 0.717) is 5.92 Å². The summed E-state index contributed by atoms with van der Waals surface area (Å²) in [6, 6.07) is 1.75. The van der Waals surface area contributed by atoms with Gasteiger partial charge in [0.25, 0.3) is 0 Å². The van der Waals surface area contributed by atoms with Crippen molar-refractivity contribution in [3.05, 3.63) is 29.8 Å². The molecule has 2 atom stereocenters. The number of hydrogen-bond acceptors (Lipinski definition) is 2. The molecular weight excluding hydrogens is 191 g/mol. The molecule has 0 radical (unpaired) electrons. The smallest absolute Gasteiger partial charge is 0.141 e. The molecule has 0 aliphatic heterocycles. The summed E-state index contributed by atoms with van der Waals surface area (Å²) in [6.45, 7) is 4.37. The Morgan fingerprint density at radius 2 is 2.20 bits per heavy atom. The summed E-state index contributed by atoms with van der Waals surface area (Å²) in [6.07, 6.45) is 5.12. The normalized spacial score (nSPS) is 14.9. The highest BCUT2D eigenvalue weighted by Crippen LogP contribution is 2.22. The molecule has 15 heavy (non-hydrogen) atoms. The van der Waals surface area contributed by atoms with Crippen molar-refractivity contribution < 1.29 is 4.39 Å². The zero-order valence-corrected chi connectivity index (χ0v) is 9.63. The van der Waals surface area contributed by atoms with Gasteiger partial charge < -0.3 is 5.32 Å². The van der Waals surface area contributed by atoms with E-state index in [9.17, 15) is 4.39 Å². The first-order valence-corrected chi connectivity index (χ1v) is 5.45. The molecular formula is C12H19FN2. The topological polar surface area (TPSA) is 24.9 Å². The number of rotatable bonds is 5. The Morgan fingerprint density at radius 3 is 2.73 bits per heavy atom. The van der Waals surface area contributed by atoms with Crippen LogP contribution < -0.4 is 5.32 Å². The molecule has 1 aromatic rings. The van der Waals surface area contributed by atoms with Crippen molar-refractivity contribution in [3.63, 3.8) is 0 Å². The Bertz CT molecular complexity index is 301. The van der Waals surface area contributed by atoms with E-state index in [0.717, 1.165) is 18.4 Å². The molecule has 2 unspecified atom stereocenters. The summed E-state index contributed by atoms with van der Waals surface area (Å²) in [5.74, 6) is 0.364. The second-order valence-electron chi connectivity index (χ2n) is 4.03. The van der Waals surface area contributed by atoms with Gasteiger partial charge in [-0.05, 0) is 31.0 Å². The second-order valence-corrected chi connectivity index (χ2v) is 4.03. The van der Waals surface area contributed by atoms with Crippen molar-refractivity contribution in [2.75, 3.05) is 7.05 Å². The SMILES string of the molecule is CCC(C)CC(NC)c1cncc(F)c1. The Morgan fingerprint density at radius 1 is 1.47 bits per heavy atom. The highest BCUT2D eigenvalue weighted by Gasteiger charge is 2.13. The summed E-state index contributed by atoms with van der Waals surface area (Å²) < 4.78 is 13.0. The minimum atomic E-state index is -0.267. The van der Waals surface area contributed by atoms with Crippen LogP contribution in [0.4, 0.5) is 4.39 Å². The largest absolute Gasteiger partial charge is 0.313 e. The predicted octanol–water partition coefficient (Wildman–Crippen LogP) is 2.92. The van der Waals surface area contributed by atoms with Gasteiger partial charge in [-0.15, -0.1) is 0 Å². The van der Waals surface area contributed by atoms with Crippen LogP contribution in [0.1, 0.15) is 38.3 Å². The Labute approximate surface area is 90.9 Å². The van der Waals surface area contributed by atoms with E-state index in [4.69, 9.17) is 0 Å². The zero-order valence-electron chi connectivity index (χ0n) is 9.63. The van der Waals surface area contributed by atoms with Crippen LogP contribution in [0.3, 0.4) is 0 Å². The summed E-state index contributed by atoms with van der Waals surface area (Å²) in [5.41, 5.74) is 0.929. The van der Waals surface area contributed by atoms with Crippen LogP contribution in [0.5, 0.6) is 0 Å². The highest BCUT2D eigenvalue weighted by atomic mass is 19.1. The fourth-order valence-corrected chi connectivity index (χ4v) is 1.61. The summed E-state index contributed by atoms with van der Waals surface area (Å²) >= 11 is 0. The number of halogens is 1. The van der Waals surface area contributed by atoms with Crippen molar-refractivity contribution >= 4 is 0 Å². The van der Waals surface area contributed by atoms with E-state index in [-0.39, 0.29) is 11.9 Å². The molecule has 0 amide bonds. The fourth-order valence-electron chi connectivity index (χ4n) is 1.61. The second kappa shape index (κ2) is 5.81. The molecule has 1 rings (SSSR count). The van der Waals surface area contributed by atoms with Crippen molar-refractivity contribution in [1.29, 1.82) is 0 Å². The Hall–Kier alpha value is -0.960. The average molecular weight is 210 g/mol.